The number of nitriles is 1. The van der Waals surface area contributed by atoms with Crippen molar-refractivity contribution in [1.29, 1.82) is 5.26 Å². The molecule has 1 aliphatic rings. The van der Waals surface area contributed by atoms with Gasteiger partial charge in [0.1, 0.15) is 17.5 Å². The number of benzene rings is 1. The average Bonchev–Trinajstić information content (AvgIpc) is 2.62. The SMILES string of the molecule is COc1ccc(C)cc1-c1cc(C#N)nc(N2CCCCC2)n1. The Morgan fingerprint density at radius 3 is 2.61 bits per heavy atom. The van der Waals surface area contributed by atoms with E-state index in [1.54, 1.807) is 13.2 Å². The number of hydrogen-bond acceptors (Lipinski definition) is 5. The Kier molecular flexibility index (Phi) is 4.42. The van der Waals surface area contributed by atoms with Crippen molar-refractivity contribution in [3.63, 3.8) is 0 Å². The number of rotatable bonds is 3. The minimum absolute atomic E-state index is 0.388. The molecule has 118 valence electrons. The molecule has 1 aromatic heterocycles. The molecular formula is C18H20N4O. The summed E-state index contributed by atoms with van der Waals surface area (Å²) in [6.07, 6.45) is 3.53. The lowest BCUT2D eigenvalue weighted by molar-refractivity contribution is 0.416. The average molecular weight is 308 g/mol. The fourth-order valence-corrected chi connectivity index (χ4v) is 2.89. The molecule has 23 heavy (non-hydrogen) atoms. The third-order valence-corrected chi connectivity index (χ3v) is 4.10. The highest BCUT2D eigenvalue weighted by molar-refractivity contribution is 5.69. The van der Waals surface area contributed by atoms with Crippen LogP contribution in [0.25, 0.3) is 11.3 Å². The molecule has 1 saturated heterocycles. The van der Waals surface area contributed by atoms with E-state index >= 15 is 0 Å². The lowest BCUT2D eigenvalue weighted by Gasteiger charge is -2.27. The Labute approximate surface area is 136 Å². The number of methoxy groups -OCH3 is 1. The molecule has 0 saturated carbocycles. The normalized spacial score (nSPS) is 14.4. The van der Waals surface area contributed by atoms with E-state index in [2.05, 4.69) is 16.0 Å². The standard InChI is InChI=1S/C18H20N4O/c1-13-6-7-17(23-2)15(10-13)16-11-14(12-19)20-18(21-16)22-8-4-3-5-9-22/h6-7,10-11H,3-5,8-9H2,1-2H3. The van der Waals surface area contributed by atoms with Gasteiger partial charge in [-0.1, -0.05) is 11.6 Å². The maximum atomic E-state index is 9.32. The molecule has 0 atom stereocenters. The van der Waals surface area contributed by atoms with E-state index in [0.717, 1.165) is 48.5 Å². The molecule has 0 aliphatic carbocycles. The van der Waals surface area contributed by atoms with Crippen molar-refractivity contribution in [2.45, 2.75) is 26.2 Å². The van der Waals surface area contributed by atoms with Crippen molar-refractivity contribution < 1.29 is 4.74 Å². The van der Waals surface area contributed by atoms with Crippen molar-refractivity contribution in [2.24, 2.45) is 0 Å². The fourth-order valence-electron chi connectivity index (χ4n) is 2.89. The summed E-state index contributed by atoms with van der Waals surface area (Å²) in [6.45, 7) is 3.92. The lowest BCUT2D eigenvalue weighted by atomic mass is 10.1. The van der Waals surface area contributed by atoms with E-state index in [-0.39, 0.29) is 0 Å². The molecule has 2 heterocycles. The van der Waals surface area contributed by atoms with Gasteiger partial charge in [0.25, 0.3) is 0 Å². The Bertz CT molecular complexity index is 745. The number of ether oxygens (including phenoxy) is 1. The Balaban J connectivity index is 2.09. The summed E-state index contributed by atoms with van der Waals surface area (Å²) < 4.78 is 5.46. The summed E-state index contributed by atoms with van der Waals surface area (Å²) >= 11 is 0. The van der Waals surface area contributed by atoms with Crippen LogP contribution in [0.2, 0.25) is 0 Å². The molecule has 2 aromatic rings. The first kappa shape index (κ1) is 15.3. The molecule has 0 amide bonds. The fraction of sp³-hybridized carbons (Fsp3) is 0.389. The summed E-state index contributed by atoms with van der Waals surface area (Å²) in [6, 6.07) is 9.84. The Morgan fingerprint density at radius 1 is 1.13 bits per heavy atom. The van der Waals surface area contributed by atoms with Crippen LogP contribution in [0.4, 0.5) is 5.95 Å². The van der Waals surface area contributed by atoms with Crippen LogP contribution in [0.3, 0.4) is 0 Å². The minimum Gasteiger partial charge on any atom is -0.496 e. The summed E-state index contributed by atoms with van der Waals surface area (Å²) in [7, 11) is 1.64. The van der Waals surface area contributed by atoms with E-state index in [1.165, 1.54) is 6.42 Å². The second kappa shape index (κ2) is 6.66. The highest BCUT2D eigenvalue weighted by atomic mass is 16.5. The monoisotopic (exact) mass is 308 g/mol. The van der Waals surface area contributed by atoms with Crippen LogP contribution in [0, 0.1) is 18.3 Å². The van der Waals surface area contributed by atoms with Gasteiger partial charge in [-0.05, 0) is 38.3 Å². The van der Waals surface area contributed by atoms with E-state index in [1.807, 2.05) is 25.1 Å². The molecule has 1 aromatic carbocycles. The summed E-state index contributed by atoms with van der Waals surface area (Å²) in [5.41, 5.74) is 3.14. The maximum Gasteiger partial charge on any atom is 0.227 e. The van der Waals surface area contributed by atoms with Gasteiger partial charge >= 0.3 is 0 Å². The van der Waals surface area contributed by atoms with Crippen LogP contribution >= 0.6 is 0 Å². The van der Waals surface area contributed by atoms with Gasteiger partial charge in [0, 0.05) is 24.7 Å². The highest BCUT2D eigenvalue weighted by Gasteiger charge is 2.17. The Hall–Kier alpha value is -2.61. The van der Waals surface area contributed by atoms with Gasteiger partial charge in [0.2, 0.25) is 5.95 Å². The van der Waals surface area contributed by atoms with E-state index < -0.39 is 0 Å². The zero-order valence-electron chi connectivity index (χ0n) is 13.5. The second-order valence-electron chi connectivity index (χ2n) is 5.80. The van der Waals surface area contributed by atoms with Crippen LogP contribution in [0.15, 0.2) is 24.3 Å². The number of hydrogen-bond donors (Lipinski definition) is 0. The molecule has 5 nitrogen and oxygen atoms in total. The Morgan fingerprint density at radius 2 is 1.91 bits per heavy atom. The molecule has 0 radical (unpaired) electrons. The summed E-state index contributed by atoms with van der Waals surface area (Å²) in [5, 5.41) is 9.32. The van der Waals surface area contributed by atoms with Crippen LogP contribution in [0.1, 0.15) is 30.5 Å². The predicted molar refractivity (Wildman–Crippen MR) is 89.5 cm³/mol. The van der Waals surface area contributed by atoms with Crippen LogP contribution < -0.4 is 9.64 Å². The van der Waals surface area contributed by atoms with Gasteiger partial charge in [0.05, 0.1) is 12.8 Å². The quantitative estimate of drug-likeness (QED) is 0.870. The summed E-state index contributed by atoms with van der Waals surface area (Å²) in [5.74, 6) is 1.39. The molecule has 1 fully saturated rings. The molecule has 1 aliphatic heterocycles. The van der Waals surface area contributed by atoms with Crippen LogP contribution in [-0.2, 0) is 0 Å². The van der Waals surface area contributed by atoms with E-state index in [4.69, 9.17) is 9.72 Å². The number of anilines is 1. The molecule has 0 N–H and O–H groups in total. The largest absolute Gasteiger partial charge is 0.496 e. The van der Waals surface area contributed by atoms with Crippen LogP contribution in [0.5, 0.6) is 5.75 Å². The number of aryl methyl sites for hydroxylation is 1. The van der Waals surface area contributed by atoms with Crippen molar-refractivity contribution in [2.75, 3.05) is 25.1 Å². The molecule has 0 spiro atoms. The number of piperidine rings is 1. The second-order valence-corrected chi connectivity index (χ2v) is 5.80. The molecular weight excluding hydrogens is 288 g/mol. The van der Waals surface area contributed by atoms with E-state index in [9.17, 15) is 5.26 Å². The van der Waals surface area contributed by atoms with Crippen molar-refractivity contribution in [3.8, 4) is 23.1 Å². The first-order valence-electron chi connectivity index (χ1n) is 7.90. The smallest absolute Gasteiger partial charge is 0.227 e. The van der Waals surface area contributed by atoms with E-state index in [0.29, 0.717) is 11.6 Å². The van der Waals surface area contributed by atoms with Gasteiger partial charge in [-0.2, -0.15) is 5.26 Å². The number of nitrogens with zero attached hydrogens (tertiary/aromatic N) is 4. The third kappa shape index (κ3) is 3.26. The molecule has 0 unspecified atom stereocenters. The van der Waals surface area contributed by atoms with Gasteiger partial charge in [-0.15, -0.1) is 0 Å². The maximum absolute atomic E-state index is 9.32. The third-order valence-electron chi connectivity index (χ3n) is 4.10. The van der Waals surface area contributed by atoms with Crippen molar-refractivity contribution in [3.05, 3.63) is 35.5 Å². The van der Waals surface area contributed by atoms with Crippen LogP contribution in [-0.4, -0.2) is 30.2 Å². The molecule has 3 rings (SSSR count). The van der Waals surface area contributed by atoms with Gasteiger partial charge < -0.3 is 9.64 Å². The van der Waals surface area contributed by atoms with Gasteiger partial charge in [-0.3, -0.25) is 0 Å². The summed E-state index contributed by atoms with van der Waals surface area (Å²) in [4.78, 5) is 11.3. The highest BCUT2D eigenvalue weighted by Crippen LogP contribution is 2.31. The number of aromatic nitrogens is 2. The molecule has 0 bridgehead atoms. The van der Waals surface area contributed by atoms with Gasteiger partial charge in [-0.25, -0.2) is 9.97 Å². The van der Waals surface area contributed by atoms with Gasteiger partial charge in [0.15, 0.2) is 0 Å². The molecule has 5 heteroatoms. The van der Waals surface area contributed by atoms with Crippen molar-refractivity contribution >= 4 is 5.95 Å². The first-order valence-corrected chi connectivity index (χ1v) is 7.90. The van der Waals surface area contributed by atoms with Crippen molar-refractivity contribution in [1.82, 2.24) is 9.97 Å². The zero-order chi connectivity index (χ0) is 16.2. The first-order chi connectivity index (χ1) is 11.2. The topological polar surface area (TPSA) is 62.0 Å². The zero-order valence-corrected chi connectivity index (χ0v) is 13.5. The minimum atomic E-state index is 0.388. The lowest BCUT2D eigenvalue weighted by Crippen LogP contribution is -2.31. The predicted octanol–water partition coefficient (Wildman–Crippen LogP) is 3.32.